The van der Waals surface area contributed by atoms with E-state index >= 15 is 0 Å². The predicted molar refractivity (Wildman–Crippen MR) is 138 cm³/mol. The van der Waals surface area contributed by atoms with E-state index in [9.17, 15) is 44.1 Å². The van der Waals surface area contributed by atoms with E-state index in [-0.39, 0.29) is 28.0 Å². The third kappa shape index (κ3) is 7.95. The Morgan fingerprint density at radius 3 is 2.05 bits per heavy atom. The number of hydrogen-bond donors (Lipinski definition) is 7. The van der Waals surface area contributed by atoms with Crippen molar-refractivity contribution in [1.82, 2.24) is 10.6 Å². The number of aromatic hydroxyl groups is 2. The van der Waals surface area contributed by atoms with Gasteiger partial charge in [-0.15, -0.1) is 0 Å². The van der Waals surface area contributed by atoms with Gasteiger partial charge in [0, 0.05) is 25.0 Å². The molecular formula is C26H24N2O13. The van der Waals surface area contributed by atoms with Gasteiger partial charge in [-0.3, -0.25) is 19.2 Å². The molecule has 15 nitrogen and oxygen atoms in total. The lowest BCUT2D eigenvalue weighted by atomic mass is 10.0. The normalized spacial score (nSPS) is 12.2. The molecule has 0 radical (unpaired) electrons. The first-order valence-corrected chi connectivity index (χ1v) is 11.9. The minimum Gasteiger partial charge on any atom is -0.508 e. The molecule has 2 aromatic carbocycles. The third-order valence-electron chi connectivity index (χ3n) is 5.74. The topological polar surface area (TPSA) is 250 Å². The molecule has 0 aliphatic heterocycles. The minimum atomic E-state index is -1.63. The molecule has 1 heterocycles. The molecule has 3 rings (SSSR count). The van der Waals surface area contributed by atoms with Crippen molar-refractivity contribution in [2.45, 2.75) is 37.8 Å². The fraction of sp³-hybridized carbons (Fsp3) is 0.231. The van der Waals surface area contributed by atoms with Crippen LogP contribution in [-0.2, 0) is 19.2 Å². The molecule has 0 fully saturated rings. The van der Waals surface area contributed by atoms with Crippen molar-refractivity contribution in [3.63, 3.8) is 0 Å². The van der Waals surface area contributed by atoms with Crippen LogP contribution in [0.15, 0.2) is 51.9 Å². The molecule has 0 unspecified atom stereocenters. The molecule has 2 amide bonds. The van der Waals surface area contributed by atoms with Gasteiger partial charge in [-0.25, -0.2) is 9.59 Å². The smallest absolute Gasteiger partial charge is 0.413 e. The van der Waals surface area contributed by atoms with Gasteiger partial charge in [0.05, 0.1) is 5.56 Å². The van der Waals surface area contributed by atoms with Crippen molar-refractivity contribution in [2.75, 3.05) is 0 Å². The van der Waals surface area contributed by atoms with E-state index in [1.54, 1.807) is 0 Å². The highest BCUT2D eigenvalue weighted by Crippen LogP contribution is 2.30. The molecule has 7 N–H and O–H groups in total. The van der Waals surface area contributed by atoms with Gasteiger partial charge in [0.25, 0.3) is 0 Å². The molecule has 0 saturated heterocycles. The number of phenols is 2. The second kappa shape index (κ2) is 13.0. The fourth-order valence-corrected chi connectivity index (χ4v) is 3.72. The van der Waals surface area contributed by atoms with E-state index in [0.29, 0.717) is 5.56 Å². The van der Waals surface area contributed by atoms with E-state index < -0.39 is 78.9 Å². The van der Waals surface area contributed by atoms with Crippen molar-refractivity contribution in [3.05, 3.63) is 52.9 Å². The molecule has 0 spiro atoms. The summed E-state index contributed by atoms with van der Waals surface area (Å²) in [6.07, 6.45) is -2.31. The number of hydrogen-bond acceptors (Lipinski definition) is 10. The van der Waals surface area contributed by atoms with Crippen LogP contribution >= 0.6 is 0 Å². The lowest BCUT2D eigenvalue weighted by molar-refractivity contribution is -0.144. The summed E-state index contributed by atoms with van der Waals surface area (Å²) >= 11 is 0. The molecule has 3 aromatic rings. The second-order valence-corrected chi connectivity index (χ2v) is 8.69. The largest absolute Gasteiger partial charge is 0.508 e. The maximum atomic E-state index is 13.0. The van der Waals surface area contributed by atoms with Crippen molar-refractivity contribution >= 4 is 40.9 Å². The Morgan fingerprint density at radius 2 is 1.46 bits per heavy atom. The number of rotatable bonds is 12. The van der Waals surface area contributed by atoms with Crippen molar-refractivity contribution < 1.29 is 58.7 Å². The molecular weight excluding hydrogens is 548 g/mol. The van der Waals surface area contributed by atoms with Crippen LogP contribution in [0.4, 0.5) is 4.79 Å². The van der Waals surface area contributed by atoms with Gasteiger partial charge >= 0.3 is 24.0 Å². The number of amides is 2. The van der Waals surface area contributed by atoms with Crippen molar-refractivity contribution in [3.8, 4) is 28.4 Å². The van der Waals surface area contributed by atoms with Crippen LogP contribution in [0.2, 0.25) is 0 Å². The van der Waals surface area contributed by atoms with Crippen LogP contribution in [0.25, 0.3) is 22.1 Å². The molecule has 0 aliphatic rings. The summed E-state index contributed by atoms with van der Waals surface area (Å²) in [4.78, 5) is 71.3. The number of carboxylic acids is 3. The maximum Gasteiger partial charge on any atom is 0.413 e. The molecule has 41 heavy (non-hydrogen) atoms. The molecule has 216 valence electrons. The van der Waals surface area contributed by atoms with Crippen molar-refractivity contribution in [2.24, 2.45) is 0 Å². The molecule has 0 bridgehead atoms. The third-order valence-corrected chi connectivity index (χ3v) is 5.74. The van der Waals surface area contributed by atoms with Gasteiger partial charge in [0.15, 0.2) is 0 Å². The molecule has 0 saturated carbocycles. The van der Waals surface area contributed by atoms with Gasteiger partial charge in [-0.05, 0) is 30.5 Å². The van der Waals surface area contributed by atoms with Gasteiger partial charge in [0.2, 0.25) is 11.3 Å². The molecule has 1 aromatic heterocycles. The average Bonchev–Trinajstić information content (AvgIpc) is 2.89. The lowest BCUT2D eigenvalue weighted by Gasteiger charge is -2.20. The maximum absolute atomic E-state index is 13.0. The van der Waals surface area contributed by atoms with Crippen molar-refractivity contribution in [1.29, 1.82) is 0 Å². The van der Waals surface area contributed by atoms with Crippen LogP contribution in [0.1, 0.15) is 25.7 Å². The first kappa shape index (κ1) is 29.9. The summed E-state index contributed by atoms with van der Waals surface area (Å²) in [7, 11) is 0. The Labute approximate surface area is 229 Å². The molecule has 0 aliphatic carbocycles. The van der Waals surface area contributed by atoms with Gasteiger partial charge in [-0.2, -0.15) is 0 Å². The summed E-state index contributed by atoms with van der Waals surface area (Å²) < 4.78 is 10.5. The summed E-state index contributed by atoms with van der Waals surface area (Å²) in [5.74, 6) is -6.22. The van der Waals surface area contributed by atoms with E-state index in [2.05, 4.69) is 10.6 Å². The zero-order chi connectivity index (χ0) is 30.3. The van der Waals surface area contributed by atoms with Gasteiger partial charge < -0.3 is 45.3 Å². The Balaban J connectivity index is 1.79. The highest BCUT2D eigenvalue weighted by Gasteiger charge is 2.28. The highest BCUT2D eigenvalue weighted by molar-refractivity contribution is 5.91. The SMILES string of the molecule is O=C(O)CC[C@@H](NC(=O)[C@@H](CCC(=O)O)NC(=O)Oc1cc(O)c2c(=O)c(-c3ccc(O)cc3)coc2c1)C(=O)O. The summed E-state index contributed by atoms with van der Waals surface area (Å²) in [6, 6.07) is 4.46. The zero-order valence-corrected chi connectivity index (χ0v) is 21.0. The van der Waals surface area contributed by atoms with Gasteiger partial charge in [0.1, 0.15) is 46.6 Å². The number of nitrogens with one attached hydrogen (secondary N) is 2. The standard InChI is InChI=1S/C26H24N2O13/c29-13-3-1-12(2-4-13)15-11-40-19-10-14(9-18(30)22(19)23(15)35)41-26(39)28-16(5-7-20(31)32)24(36)27-17(25(37)38)6-8-21(33)34/h1-4,9-11,16-17,29-30H,5-8H2,(H,27,36)(H,28,39)(H,31,32)(H,33,34)(H,37,38)/t16-,17-/m1/s1. The van der Waals surface area contributed by atoms with Crippen LogP contribution in [0, 0.1) is 0 Å². The summed E-state index contributed by atoms with van der Waals surface area (Å²) in [5, 5.41) is 50.9. The van der Waals surface area contributed by atoms with Crippen LogP contribution in [0.3, 0.4) is 0 Å². The van der Waals surface area contributed by atoms with E-state index in [0.717, 1.165) is 18.4 Å². The number of aliphatic carboxylic acids is 3. The van der Waals surface area contributed by atoms with E-state index in [1.807, 2.05) is 0 Å². The van der Waals surface area contributed by atoms with Gasteiger partial charge in [-0.1, -0.05) is 12.1 Å². The number of carboxylic acid groups (broad SMARTS) is 3. The van der Waals surface area contributed by atoms with Crippen LogP contribution in [0.5, 0.6) is 17.2 Å². The number of carbonyl (C=O) groups excluding carboxylic acids is 2. The second-order valence-electron chi connectivity index (χ2n) is 8.69. The summed E-state index contributed by atoms with van der Waals surface area (Å²) in [6.45, 7) is 0. The highest BCUT2D eigenvalue weighted by atomic mass is 16.6. The first-order valence-electron chi connectivity index (χ1n) is 11.9. The Morgan fingerprint density at radius 1 is 0.854 bits per heavy atom. The number of carbonyl (C=O) groups is 5. The lowest BCUT2D eigenvalue weighted by Crippen LogP contribution is -2.52. The van der Waals surface area contributed by atoms with Crippen LogP contribution in [-0.4, -0.2) is 67.5 Å². The Hall–Kier alpha value is -5.60. The fourth-order valence-electron chi connectivity index (χ4n) is 3.72. The summed E-state index contributed by atoms with van der Waals surface area (Å²) in [5.41, 5.74) is -0.305. The Bertz CT molecular complexity index is 1550. The van der Waals surface area contributed by atoms with Crippen LogP contribution < -0.4 is 20.8 Å². The average molecular weight is 572 g/mol. The number of benzene rings is 2. The number of fused-ring (bicyclic) bond motifs is 1. The quantitative estimate of drug-likeness (QED) is 0.163. The van der Waals surface area contributed by atoms with E-state index in [4.69, 9.17) is 19.4 Å². The Kier molecular flexibility index (Phi) is 9.47. The first-order chi connectivity index (χ1) is 19.3. The number of ether oxygens (including phenoxy) is 1. The number of phenolic OH excluding ortho intramolecular Hbond substituents is 2. The molecule has 15 heteroatoms. The monoisotopic (exact) mass is 572 g/mol. The minimum absolute atomic E-state index is 0.0237. The molecule has 2 atom stereocenters. The zero-order valence-electron chi connectivity index (χ0n) is 21.0. The predicted octanol–water partition coefficient (Wildman–Crippen LogP) is 1.63. The van der Waals surface area contributed by atoms with E-state index in [1.165, 1.54) is 24.3 Å².